The number of thiazole rings is 1. The Labute approximate surface area is 154 Å². The molecule has 1 heterocycles. The number of fused-ring (bicyclic) bond motifs is 1. The van der Waals surface area contributed by atoms with Crippen LogP contribution >= 0.6 is 11.3 Å². The number of carbonyl (C=O) groups excluding carboxylic acids is 1. The van der Waals surface area contributed by atoms with Gasteiger partial charge in [-0.2, -0.15) is 0 Å². The number of carbonyl (C=O) groups is 1. The molecule has 4 aromatic rings. The Bertz CT molecular complexity index is 1040. The summed E-state index contributed by atoms with van der Waals surface area (Å²) in [6, 6.07) is 22.4. The number of hydrogen-bond donors (Lipinski definition) is 2. The third kappa shape index (κ3) is 3.58. The van der Waals surface area contributed by atoms with E-state index in [4.69, 9.17) is 0 Å². The fourth-order valence-electron chi connectivity index (χ4n) is 2.73. The minimum atomic E-state index is -0.0999. The van der Waals surface area contributed by atoms with Crippen molar-refractivity contribution in [3.8, 4) is 16.3 Å². The second-order valence-electron chi connectivity index (χ2n) is 5.96. The summed E-state index contributed by atoms with van der Waals surface area (Å²) in [5.74, 6) is 0.0924. The molecule has 5 heteroatoms. The Hall–Kier alpha value is -3.18. The number of phenols is 1. The number of benzene rings is 3. The summed E-state index contributed by atoms with van der Waals surface area (Å²) in [5, 5.41) is 13.2. The Morgan fingerprint density at radius 2 is 1.81 bits per heavy atom. The van der Waals surface area contributed by atoms with Crippen LogP contribution in [0.1, 0.15) is 5.56 Å². The minimum Gasteiger partial charge on any atom is -0.508 e. The number of nitrogens with one attached hydrogen (secondary N) is 1. The Kier molecular flexibility index (Phi) is 4.37. The van der Waals surface area contributed by atoms with E-state index in [9.17, 15) is 9.90 Å². The summed E-state index contributed by atoms with van der Waals surface area (Å²) >= 11 is 1.63. The van der Waals surface area contributed by atoms with E-state index >= 15 is 0 Å². The van der Waals surface area contributed by atoms with Crippen LogP contribution in [0.2, 0.25) is 0 Å². The van der Waals surface area contributed by atoms with Gasteiger partial charge in [0.05, 0.1) is 16.6 Å². The molecular weight excluding hydrogens is 344 g/mol. The third-order valence-electron chi connectivity index (χ3n) is 3.99. The first-order valence-corrected chi connectivity index (χ1v) is 9.03. The van der Waals surface area contributed by atoms with Crippen LogP contribution in [0.4, 0.5) is 5.69 Å². The SMILES string of the molecule is O=C(Cc1ccc(O)cc1)Nc1cccc(-c2nc3ccccc3s2)c1. The van der Waals surface area contributed by atoms with Gasteiger partial charge in [-0.25, -0.2) is 4.98 Å². The molecule has 0 unspecified atom stereocenters. The Balaban J connectivity index is 1.51. The topological polar surface area (TPSA) is 62.2 Å². The summed E-state index contributed by atoms with van der Waals surface area (Å²) in [5.41, 5.74) is 3.55. The molecule has 1 amide bonds. The zero-order valence-electron chi connectivity index (χ0n) is 13.8. The van der Waals surface area contributed by atoms with Crippen LogP contribution in [0.3, 0.4) is 0 Å². The molecule has 4 nitrogen and oxygen atoms in total. The minimum absolute atomic E-state index is 0.0999. The lowest BCUT2D eigenvalue weighted by Gasteiger charge is -2.07. The number of hydrogen-bond acceptors (Lipinski definition) is 4. The van der Waals surface area contributed by atoms with Gasteiger partial charge in [0.25, 0.3) is 0 Å². The van der Waals surface area contributed by atoms with E-state index in [2.05, 4.69) is 16.4 Å². The first kappa shape index (κ1) is 16.3. The molecule has 0 aliphatic heterocycles. The standard InChI is InChI=1S/C21H16N2O2S/c24-17-10-8-14(9-11-17)12-20(25)22-16-5-3-4-15(13-16)21-23-18-6-1-2-7-19(18)26-21/h1-11,13,24H,12H2,(H,22,25). The summed E-state index contributed by atoms with van der Waals surface area (Å²) < 4.78 is 1.14. The highest BCUT2D eigenvalue weighted by molar-refractivity contribution is 7.21. The highest BCUT2D eigenvalue weighted by Gasteiger charge is 2.08. The smallest absolute Gasteiger partial charge is 0.228 e. The lowest BCUT2D eigenvalue weighted by atomic mass is 10.1. The van der Waals surface area contributed by atoms with E-state index in [0.717, 1.165) is 32.0 Å². The average Bonchev–Trinajstić information content (AvgIpc) is 3.08. The zero-order chi connectivity index (χ0) is 17.9. The van der Waals surface area contributed by atoms with Crippen molar-refractivity contribution in [2.45, 2.75) is 6.42 Å². The van der Waals surface area contributed by atoms with Gasteiger partial charge in [0, 0.05) is 11.3 Å². The van der Waals surface area contributed by atoms with Crippen molar-refractivity contribution in [3.05, 3.63) is 78.4 Å². The maximum absolute atomic E-state index is 12.3. The van der Waals surface area contributed by atoms with E-state index in [1.807, 2.05) is 42.5 Å². The molecule has 0 saturated heterocycles. The van der Waals surface area contributed by atoms with Gasteiger partial charge >= 0.3 is 0 Å². The Morgan fingerprint density at radius 1 is 1.00 bits per heavy atom. The van der Waals surface area contributed by atoms with Crippen molar-refractivity contribution in [3.63, 3.8) is 0 Å². The first-order chi connectivity index (χ1) is 12.7. The van der Waals surface area contributed by atoms with E-state index < -0.39 is 0 Å². The highest BCUT2D eigenvalue weighted by atomic mass is 32.1. The molecule has 0 radical (unpaired) electrons. The van der Waals surface area contributed by atoms with Crippen LogP contribution in [0.15, 0.2) is 72.8 Å². The number of para-hydroxylation sites is 1. The van der Waals surface area contributed by atoms with Gasteiger partial charge in [0.2, 0.25) is 5.91 Å². The molecule has 3 aromatic carbocycles. The van der Waals surface area contributed by atoms with Gasteiger partial charge in [0.15, 0.2) is 0 Å². The second-order valence-corrected chi connectivity index (χ2v) is 6.99. The van der Waals surface area contributed by atoms with Crippen molar-refractivity contribution < 1.29 is 9.90 Å². The van der Waals surface area contributed by atoms with Crippen LogP contribution in [0.25, 0.3) is 20.8 Å². The molecule has 0 aliphatic rings. The number of nitrogens with zero attached hydrogens (tertiary/aromatic N) is 1. The molecule has 1 aromatic heterocycles. The molecule has 4 rings (SSSR count). The molecular formula is C21H16N2O2S. The van der Waals surface area contributed by atoms with Crippen LogP contribution in [0, 0.1) is 0 Å². The molecule has 26 heavy (non-hydrogen) atoms. The average molecular weight is 360 g/mol. The van der Waals surface area contributed by atoms with Gasteiger partial charge in [-0.15, -0.1) is 11.3 Å². The summed E-state index contributed by atoms with van der Waals surface area (Å²) in [6.45, 7) is 0. The van der Waals surface area contributed by atoms with Gasteiger partial charge in [-0.1, -0.05) is 36.4 Å². The van der Waals surface area contributed by atoms with Gasteiger partial charge < -0.3 is 10.4 Å². The number of aromatic hydroxyl groups is 1. The fourth-order valence-corrected chi connectivity index (χ4v) is 3.69. The lowest BCUT2D eigenvalue weighted by Crippen LogP contribution is -2.14. The molecule has 2 N–H and O–H groups in total. The quantitative estimate of drug-likeness (QED) is 0.547. The zero-order valence-corrected chi connectivity index (χ0v) is 14.7. The van der Waals surface area contributed by atoms with Crippen LogP contribution in [0.5, 0.6) is 5.75 Å². The lowest BCUT2D eigenvalue weighted by molar-refractivity contribution is -0.115. The summed E-state index contributed by atoms with van der Waals surface area (Å²) in [7, 11) is 0. The van der Waals surface area contributed by atoms with Crippen molar-refractivity contribution in [1.29, 1.82) is 0 Å². The number of amides is 1. The molecule has 0 saturated carbocycles. The molecule has 128 valence electrons. The normalized spacial score (nSPS) is 10.8. The first-order valence-electron chi connectivity index (χ1n) is 8.21. The number of rotatable bonds is 4. The maximum Gasteiger partial charge on any atom is 0.228 e. The molecule has 0 aliphatic carbocycles. The molecule has 0 spiro atoms. The van der Waals surface area contributed by atoms with E-state index in [-0.39, 0.29) is 18.1 Å². The fraction of sp³-hybridized carbons (Fsp3) is 0.0476. The van der Waals surface area contributed by atoms with Crippen LogP contribution in [-0.4, -0.2) is 16.0 Å². The van der Waals surface area contributed by atoms with Gasteiger partial charge in [-0.05, 0) is 42.0 Å². The third-order valence-corrected chi connectivity index (χ3v) is 5.07. The number of anilines is 1. The highest BCUT2D eigenvalue weighted by Crippen LogP contribution is 2.31. The van der Waals surface area contributed by atoms with Crippen molar-refractivity contribution in [2.24, 2.45) is 0 Å². The van der Waals surface area contributed by atoms with Crippen molar-refractivity contribution >= 4 is 33.1 Å². The molecule has 0 atom stereocenters. The monoisotopic (exact) mass is 360 g/mol. The van der Waals surface area contributed by atoms with Crippen LogP contribution < -0.4 is 5.32 Å². The van der Waals surface area contributed by atoms with Gasteiger partial charge in [-0.3, -0.25) is 4.79 Å². The number of phenolic OH excluding ortho intramolecular Hbond substituents is 1. The second kappa shape index (κ2) is 6.98. The molecule has 0 bridgehead atoms. The maximum atomic E-state index is 12.3. The van der Waals surface area contributed by atoms with Crippen LogP contribution in [-0.2, 0) is 11.2 Å². The largest absolute Gasteiger partial charge is 0.508 e. The number of aromatic nitrogens is 1. The van der Waals surface area contributed by atoms with E-state index in [0.29, 0.717) is 0 Å². The van der Waals surface area contributed by atoms with Crippen molar-refractivity contribution in [1.82, 2.24) is 4.98 Å². The van der Waals surface area contributed by atoms with E-state index in [1.54, 1.807) is 35.6 Å². The molecule has 0 fully saturated rings. The van der Waals surface area contributed by atoms with Gasteiger partial charge in [0.1, 0.15) is 10.8 Å². The summed E-state index contributed by atoms with van der Waals surface area (Å²) in [6.07, 6.45) is 0.256. The predicted octanol–water partition coefficient (Wildman–Crippen LogP) is 4.85. The van der Waals surface area contributed by atoms with Crippen molar-refractivity contribution in [2.75, 3.05) is 5.32 Å². The Morgan fingerprint density at radius 3 is 2.62 bits per heavy atom. The summed E-state index contributed by atoms with van der Waals surface area (Å²) in [4.78, 5) is 16.9. The predicted molar refractivity (Wildman–Crippen MR) is 105 cm³/mol. The van der Waals surface area contributed by atoms with E-state index in [1.165, 1.54) is 0 Å².